The number of nitrogens with zero attached hydrogens (tertiary/aromatic N) is 6. The first-order chi connectivity index (χ1) is 12.0. The number of benzene rings is 1. The van der Waals surface area contributed by atoms with Crippen LogP contribution in [0.3, 0.4) is 0 Å². The van der Waals surface area contributed by atoms with Crippen molar-refractivity contribution in [2.24, 2.45) is 7.05 Å². The summed E-state index contributed by atoms with van der Waals surface area (Å²) in [6.07, 6.45) is 2.34. The topological polar surface area (TPSA) is 101 Å². The maximum Gasteiger partial charge on any atom is 0.307 e. The molecule has 0 N–H and O–H groups in total. The zero-order valence-corrected chi connectivity index (χ0v) is 14.5. The molecule has 0 radical (unpaired) electrons. The number of thioether (sulfide) groups is 1. The second-order valence-corrected chi connectivity index (χ2v) is 6.15. The molecule has 0 fully saturated rings. The van der Waals surface area contributed by atoms with Gasteiger partial charge in [0.2, 0.25) is 0 Å². The molecule has 1 aromatic carbocycles. The molecule has 130 valence electrons. The second-order valence-electron chi connectivity index (χ2n) is 5.24. The van der Waals surface area contributed by atoms with Gasteiger partial charge in [0, 0.05) is 7.05 Å². The number of hydrogen-bond acceptors (Lipinski definition) is 7. The van der Waals surface area contributed by atoms with Gasteiger partial charge in [-0.2, -0.15) is 5.10 Å². The van der Waals surface area contributed by atoms with Gasteiger partial charge in [-0.25, -0.2) is 0 Å². The SMILES string of the molecule is CC(Oc1ccccc1)c1nnc(SCn2cc([N+](=O)[O-])cn2)n1C. The quantitative estimate of drug-likeness (QED) is 0.363. The standard InChI is InChI=1S/C15H16N6O3S/c1-11(24-13-6-4-3-5-7-13)14-17-18-15(19(14)2)25-10-20-9-12(8-16-20)21(22)23/h3-9,11H,10H2,1-2H3. The molecule has 3 rings (SSSR count). The van der Waals surface area contributed by atoms with Gasteiger partial charge in [0.1, 0.15) is 18.1 Å². The minimum atomic E-state index is -0.475. The number of para-hydroxylation sites is 1. The van der Waals surface area contributed by atoms with Gasteiger partial charge in [0.05, 0.1) is 10.8 Å². The van der Waals surface area contributed by atoms with Crippen molar-refractivity contribution in [2.45, 2.75) is 24.1 Å². The zero-order chi connectivity index (χ0) is 17.8. The number of ether oxygens (including phenoxy) is 1. The van der Waals surface area contributed by atoms with Crippen LogP contribution >= 0.6 is 11.8 Å². The van der Waals surface area contributed by atoms with Crippen LogP contribution in [0, 0.1) is 10.1 Å². The van der Waals surface area contributed by atoms with Gasteiger partial charge in [0.25, 0.3) is 0 Å². The Kier molecular flexibility index (Phi) is 4.98. The lowest BCUT2D eigenvalue weighted by Crippen LogP contribution is -2.10. The molecule has 2 heterocycles. The molecule has 3 aromatic rings. The molecule has 1 unspecified atom stereocenters. The molecule has 25 heavy (non-hydrogen) atoms. The highest BCUT2D eigenvalue weighted by Crippen LogP contribution is 2.24. The Balaban J connectivity index is 1.65. The molecule has 0 aliphatic rings. The van der Waals surface area contributed by atoms with E-state index in [1.54, 1.807) is 0 Å². The summed E-state index contributed by atoms with van der Waals surface area (Å²) in [4.78, 5) is 10.2. The van der Waals surface area contributed by atoms with E-state index in [4.69, 9.17) is 4.74 Å². The van der Waals surface area contributed by atoms with Gasteiger partial charge < -0.3 is 9.30 Å². The van der Waals surface area contributed by atoms with Crippen molar-refractivity contribution in [3.8, 4) is 5.75 Å². The summed E-state index contributed by atoms with van der Waals surface area (Å²) < 4.78 is 9.19. The summed E-state index contributed by atoms with van der Waals surface area (Å²) in [6.45, 7) is 1.91. The third-order valence-electron chi connectivity index (χ3n) is 3.44. The third kappa shape index (κ3) is 3.97. The third-order valence-corrected chi connectivity index (χ3v) is 4.45. The van der Waals surface area contributed by atoms with Crippen LogP contribution in [0.4, 0.5) is 5.69 Å². The predicted octanol–water partition coefficient (Wildman–Crippen LogP) is 2.81. The fourth-order valence-corrected chi connectivity index (χ4v) is 2.98. The molecule has 9 nitrogen and oxygen atoms in total. The Labute approximate surface area is 147 Å². The van der Waals surface area contributed by atoms with Crippen LogP contribution in [0.1, 0.15) is 18.9 Å². The molecule has 0 bridgehead atoms. The van der Waals surface area contributed by atoms with Gasteiger partial charge >= 0.3 is 5.69 Å². The van der Waals surface area contributed by atoms with Crippen LogP contribution in [0.2, 0.25) is 0 Å². The smallest absolute Gasteiger partial charge is 0.307 e. The van der Waals surface area contributed by atoms with Gasteiger partial charge in [0.15, 0.2) is 17.1 Å². The van der Waals surface area contributed by atoms with E-state index in [1.807, 2.05) is 48.9 Å². The van der Waals surface area contributed by atoms with Crippen LogP contribution in [-0.4, -0.2) is 29.5 Å². The maximum absolute atomic E-state index is 10.7. The Hall–Kier alpha value is -2.88. The first kappa shape index (κ1) is 17.0. The van der Waals surface area contributed by atoms with Gasteiger partial charge in [-0.15, -0.1) is 10.2 Å². The van der Waals surface area contributed by atoms with Crippen LogP contribution in [-0.2, 0) is 12.9 Å². The highest BCUT2D eigenvalue weighted by Gasteiger charge is 2.17. The summed E-state index contributed by atoms with van der Waals surface area (Å²) in [5.41, 5.74) is -0.0378. The summed E-state index contributed by atoms with van der Waals surface area (Å²) in [5, 5.41) is 23.6. The summed E-state index contributed by atoms with van der Waals surface area (Å²) in [5.74, 6) is 1.85. The molecule has 0 saturated carbocycles. The summed E-state index contributed by atoms with van der Waals surface area (Å²) in [7, 11) is 1.86. The maximum atomic E-state index is 10.7. The van der Waals surface area contributed by atoms with Crippen LogP contribution in [0.25, 0.3) is 0 Å². The highest BCUT2D eigenvalue weighted by atomic mass is 32.2. The molecule has 1 atom stereocenters. The lowest BCUT2D eigenvalue weighted by Gasteiger charge is -2.14. The normalized spacial score (nSPS) is 12.1. The van der Waals surface area contributed by atoms with Crippen molar-refractivity contribution < 1.29 is 9.66 Å². The minimum Gasteiger partial charge on any atom is -0.483 e. The van der Waals surface area contributed by atoms with Crippen LogP contribution < -0.4 is 4.74 Å². The fraction of sp³-hybridized carbons (Fsp3) is 0.267. The largest absolute Gasteiger partial charge is 0.483 e. The van der Waals surface area contributed by atoms with E-state index >= 15 is 0 Å². The van der Waals surface area contributed by atoms with E-state index < -0.39 is 4.92 Å². The van der Waals surface area contributed by atoms with E-state index in [-0.39, 0.29) is 11.8 Å². The number of aromatic nitrogens is 5. The van der Waals surface area contributed by atoms with Crippen molar-refractivity contribution in [2.75, 3.05) is 0 Å². The van der Waals surface area contributed by atoms with Crippen molar-refractivity contribution in [3.63, 3.8) is 0 Å². The fourth-order valence-electron chi connectivity index (χ4n) is 2.20. The first-order valence-electron chi connectivity index (χ1n) is 7.45. The molecular weight excluding hydrogens is 344 g/mol. The van der Waals surface area contributed by atoms with Gasteiger partial charge in [-0.1, -0.05) is 30.0 Å². The predicted molar refractivity (Wildman–Crippen MR) is 91.2 cm³/mol. The highest BCUT2D eigenvalue weighted by molar-refractivity contribution is 7.98. The van der Waals surface area contributed by atoms with Crippen molar-refractivity contribution in [3.05, 3.63) is 58.7 Å². The van der Waals surface area contributed by atoms with E-state index in [2.05, 4.69) is 15.3 Å². The molecular formula is C15H16N6O3S. The Morgan fingerprint density at radius 2 is 2.08 bits per heavy atom. The van der Waals surface area contributed by atoms with Crippen molar-refractivity contribution in [1.82, 2.24) is 24.5 Å². The summed E-state index contributed by atoms with van der Waals surface area (Å²) >= 11 is 1.38. The molecule has 10 heteroatoms. The average Bonchev–Trinajstić information content (AvgIpc) is 3.21. The molecule has 0 aliphatic carbocycles. The number of nitro groups is 1. The Morgan fingerprint density at radius 1 is 1.32 bits per heavy atom. The van der Waals surface area contributed by atoms with Crippen molar-refractivity contribution in [1.29, 1.82) is 0 Å². The lowest BCUT2D eigenvalue weighted by atomic mass is 10.3. The van der Waals surface area contributed by atoms with E-state index in [0.717, 1.165) is 5.75 Å². The monoisotopic (exact) mass is 360 g/mol. The van der Waals surface area contributed by atoms with E-state index in [9.17, 15) is 10.1 Å². The Morgan fingerprint density at radius 3 is 2.76 bits per heavy atom. The van der Waals surface area contributed by atoms with Crippen LogP contribution in [0.15, 0.2) is 47.9 Å². The number of rotatable bonds is 7. The lowest BCUT2D eigenvalue weighted by molar-refractivity contribution is -0.385. The van der Waals surface area contributed by atoms with Gasteiger partial charge in [-0.05, 0) is 19.1 Å². The average molecular weight is 360 g/mol. The minimum absolute atomic E-state index is 0.0378. The molecule has 2 aromatic heterocycles. The second kappa shape index (κ2) is 7.34. The molecule has 0 aliphatic heterocycles. The Bertz CT molecular complexity index is 863. The van der Waals surface area contributed by atoms with Crippen molar-refractivity contribution >= 4 is 17.4 Å². The van der Waals surface area contributed by atoms with Gasteiger partial charge in [-0.3, -0.25) is 14.8 Å². The van der Waals surface area contributed by atoms with E-state index in [0.29, 0.717) is 16.9 Å². The summed E-state index contributed by atoms with van der Waals surface area (Å²) in [6, 6.07) is 9.50. The molecule has 0 amide bonds. The molecule has 0 saturated heterocycles. The number of hydrogen-bond donors (Lipinski definition) is 0. The first-order valence-corrected chi connectivity index (χ1v) is 8.44. The molecule has 0 spiro atoms. The van der Waals surface area contributed by atoms with E-state index in [1.165, 1.54) is 28.8 Å². The zero-order valence-electron chi connectivity index (χ0n) is 13.6. The van der Waals surface area contributed by atoms with Crippen LogP contribution in [0.5, 0.6) is 5.75 Å².